The van der Waals surface area contributed by atoms with Gasteiger partial charge in [0.2, 0.25) is 5.91 Å². The highest BCUT2D eigenvalue weighted by atomic mass is 32.2. The van der Waals surface area contributed by atoms with E-state index in [1.807, 2.05) is 35.4 Å². The smallest absolute Gasteiger partial charge is 0.255 e. The van der Waals surface area contributed by atoms with Gasteiger partial charge in [-0.25, -0.2) is 0 Å². The quantitative estimate of drug-likeness (QED) is 0.699. The molecule has 2 amide bonds. The van der Waals surface area contributed by atoms with Gasteiger partial charge in [0.05, 0.1) is 12.7 Å². The first kappa shape index (κ1) is 22.0. The fourth-order valence-electron chi connectivity index (χ4n) is 3.57. The van der Waals surface area contributed by atoms with Crippen LogP contribution in [0.5, 0.6) is 5.75 Å². The Morgan fingerprint density at radius 3 is 2.53 bits per heavy atom. The molecule has 1 aliphatic heterocycles. The van der Waals surface area contributed by atoms with Crippen molar-refractivity contribution in [3.63, 3.8) is 0 Å². The molecule has 1 aliphatic rings. The molecule has 30 heavy (non-hydrogen) atoms. The molecule has 1 atom stereocenters. The third kappa shape index (κ3) is 5.45. The minimum Gasteiger partial charge on any atom is -0.496 e. The zero-order valence-electron chi connectivity index (χ0n) is 17.5. The summed E-state index contributed by atoms with van der Waals surface area (Å²) < 4.78 is 5.29. The maximum Gasteiger partial charge on any atom is 0.255 e. The second-order valence-electron chi connectivity index (χ2n) is 7.14. The molecule has 0 spiro atoms. The molecular weight excluding hydrogens is 396 g/mol. The van der Waals surface area contributed by atoms with E-state index in [4.69, 9.17) is 4.74 Å². The van der Waals surface area contributed by atoms with Gasteiger partial charge in [0.15, 0.2) is 0 Å². The fraction of sp³-hybridized carbons (Fsp3) is 0.333. The number of hydrogen-bond donors (Lipinski definition) is 1. The summed E-state index contributed by atoms with van der Waals surface area (Å²) in [5, 5.41) is 2.94. The average molecular weight is 425 g/mol. The number of ether oxygens (including phenoxy) is 1. The van der Waals surface area contributed by atoms with Gasteiger partial charge in [-0.1, -0.05) is 48.5 Å². The van der Waals surface area contributed by atoms with Gasteiger partial charge in [0.25, 0.3) is 5.91 Å². The molecule has 3 rings (SSSR count). The lowest BCUT2D eigenvalue weighted by Crippen LogP contribution is -2.50. The van der Waals surface area contributed by atoms with E-state index in [1.54, 1.807) is 30.0 Å². The van der Waals surface area contributed by atoms with Crippen LogP contribution in [-0.2, 0) is 4.79 Å². The van der Waals surface area contributed by atoms with E-state index in [0.29, 0.717) is 30.8 Å². The minimum absolute atomic E-state index is 0.0318. The lowest BCUT2D eigenvalue weighted by atomic mass is 9.99. The fourth-order valence-corrected chi connectivity index (χ4v) is 4.04. The van der Waals surface area contributed by atoms with Gasteiger partial charge in [-0.3, -0.25) is 9.59 Å². The number of carbonyl (C=O) groups excluding carboxylic acids is 2. The molecule has 2 aromatic carbocycles. The van der Waals surface area contributed by atoms with Gasteiger partial charge in [0, 0.05) is 13.1 Å². The molecule has 0 radical (unpaired) electrons. The number of methoxy groups -OCH3 is 1. The number of para-hydroxylation sites is 1. The molecule has 1 unspecified atom stereocenters. The average Bonchev–Trinajstić information content (AvgIpc) is 2.81. The highest BCUT2D eigenvalue weighted by molar-refractivity contribution is 7.98. The first-order valence-electron chi connectivity index (χ1n) is 10.1. The Hall–Kier alpha value is -2.73. The number of benzene rings is 2. The van der Waals surface area contributed by atoms with Crippen LogP contribution in [0, 0.1) is 0 Å². The van der Waals surface area contributed by atoms with E-state index in [2.05, 4.69) is 23.5 Å². The third-order valence-electron chi connectivity index (χ3n) is 5.23. The van der Waals surface area contributed by atoms with Crippen LogP contribution in [0.15, 0.2) is 60.7 Å². The molecule has 0 saturated carbocycles. The molecule has 6 heteroatoms. The maximum absolute atomic E-state index is 13.2. The number of nitrogens with one attached hydrogen (secondary N) is 1. The number of nitrogens with zero attached hydrogens (tertiary/aromatic N) is 1. The summed E-state index contributed by atoms with van der Waals surface area (Å²) in [6, 6.07) is 16.8. The second kappa shape index (κ2) is 10.9. The number of carbonyl (C=O) groups is 2. The third-order valence-corrected chi connectivity index (χ3v) is 5.88. The van der Waals surface area contributed by atoms with Crippen molar-refractivity contribution >= 4 is 29.1 Å². The Balaban J connectivity index is 1.70. The van der Waals surface area contributed by atoms with Crippen LogP contribution in [0.1, 0.15) is 28.8 Å². The predicted octanol–water partition coefficient (Wildman–Crippen LogP) is 3.86. The highest BCUT2D eigenvalue weighted by Crippen LogP contribution is 2.23. The number of thioether (sulfide) groups is 1. The van der Waals surface area contributed by atoms with Crippen molar-refractivity contribution < 1.29 is 14.3 Å². The van der Waals surface area contributed by atoms with Gasteiger partial charge in [-0.05, 0) is 48.1 Å². The Bertz CT molecular complexity index is 898. The molecule has 1 heterocycles. The molecule has 0 saturated heterocycles. The molecule has 0 fully saturated rings. The molecule has 0 aliphatic carbocycles. The summed E-state index contributed by atoms with van der Waals surface area (Å²) >= 11 is 1.66. The Kier molecular flexibility index (Phi) is 7.97. The Morgan fingerprint density at radius 1 is 1.13 bits per heavy atom. The van der Waals surface area contributed by atoms with E-state index in [0.717, 1.165) is 12.2 Å². The monoisotopic (exact) mass is 424 g/mol. The Morgan fingerprint density at radius 2 is 1.87 bits per heavy atom. The molecule has 5 nitrogen and oxygen atoms in total. The van der Waals surface area contributed by atoms with Crippen LogP contribution in [0.2, 0.25) is 0 Å². The van der Waals surface area contributed by atoms with Gasteiger partial charge >= 0.3 is 0 Å². The highest BCUT2D eigenvalue weighted by Gasteiger charge is 2.28. The molecule has 0 aromatic heterocycles. The van der Waals surface area contributed by atoms with Gasteiger partial charge < -0.3 is 15.0 Å². The largest absolute Gasteiger partial charge is 0.496 e. The van der Waals surface area contributed by atoms with Gasteiger partial charge in [0.1, 0.15) is 11.8 Å². The van der Waals surface area contributed by atoms with Crippen LogP contribution in [0.4, 0.5) is 0 Å². The van der Waals surface area contributed by atoms with Crippen LogP contribution < -0.4 is 10.1 Å². The summed E-state index contributed by atoms with van der Waals surface area (Å²) in [6.45, 7) is 1.21. The summed E-state index contributed by atoms with van der Waals surface area (Å²) in [5.74, 6) is 0.973. The van der Waals surface area contributed by atoms with E-state index in [1.165, 1.54) is 18.2 Å². The number of amides is 2. The van der Waals surface area contributed by atoms with E-state index in [-0.39, 0.29) is 11.8 Å². The zero-order valence-corrected chi connectivity index (χ0v) is 18.3. The van der Waals surface area contributed by atoms with Crippen molar-refractivity contribution in [1.82, 2.24) is 10.2 Å². The van der Waals surface area contributed by atoms with Crippen LogP contribution in [0.3, 0.4) is 0 Å². The van der Waals surface area contributed by atoms with Crippen molar-refractivity contribution in [2.75, 3.05) is 32.2 Å². The summed E-state index contributed by atoms with van der Waals surface area (Å²) in [7, 11) is 1.53. The van der Waals surface area contributed by atoms with Crippen molar-refractivity contribution in [2.45, 2.75) is 18.9 Å². The van der Waals surface area contributed by atoms with Crippen LogP contribution in [0.25, 0.3) is 5.57 Å². The molecule has 158 valence electrons. The van der Waals surface area contributed by atoms with Crippen molar-refractivity contribution in [1.29, 1.82) is 0 Å². The molecule has 2 aromatic rings. The standard InChI is InChI=1S/C24H28N2O3S/c1-29-22-11-7-6-10-20(22)23(27)25-21(14-17-30-2)24(28)26-15-12-19(13-16-26)18-8-4-3-5-9-18/h3-12,21H,13-17H2,1-2H3,(H,25,27). The topological polar surface area (TPSA) is 58.6 Å². The molecular formula is C24H28N2O3S. The van der Waals surface area contributed by atoms with Crippen LogP contribution >= 0.6 is 11.8 Å². The molecule has 1 N–H and O–H groups in total. The zero-order chi connectivity index (χ0) is 21.3. The lowest BCUT2D eigenvalue weighted by Gasteiger charge is -2.30. The van der Waals surface area contributed by atoms with Gasteiger partial charge in [-0.15, -0.1) is 0 Å². The Labute approximate surface area is 182 Å². The van der Waals surface area contributed by atoms with E-state index in [9.17, 15) is 9.59 Å². The van der Waals surface area contributed by atoms with Crippen molar-refractivity contribution in [3.05, 3.63) is 71.8 Å². The number of hydrogen-bond acceptors (Lipinski definition) is 4. The lowest BCUT2D eigenvalue weighted by molar-refractivity contribution is -0.132. The van der Waals surface area contributed by atoms with E-state index >= 15 is 0 Å². The maximum atomic E-state index is 13.2. The molecule has 0 bridgehead atoms. The predicted molar refractivity (Wildman–Crippen MR) is 123 cm³/mol. The first-order chi connectivity index (χ1) is 14.6. The SMILES string of the molecule is COc1ccccc1C(=O)NC(CCSC)C(=O)N1CC=C(c2ccccc2)CC1. The number of rotatable bonds is 8. The van der Waals surface area contributed by atoms with Crippen molar-refractivity contribution in [3.8, 4) is 5.75 Å². The normalized spacial score (nSPS) is 14.6. The van der Waals surface area contributed by atoms with Gasteiger partial charge in [-0.2, -0.15) is 11.8 Å². The van der Waals surface area contributed by atoms with Crippen molar-refractivity contribution in [2.24, 2.45) is 0 Å². The summed E-state index contributed by atoms with van der Waals surface area (Å²) in [5.41, 5.74) is 2.90. The second-order valence-corrected chi connectivity index (χ2v) is 8.12. The summed E-state index contributed by atoms with van der Waals surface area (Å²) in [6.07, 6.45) is 5.52. The first-order valence-corrected chi connectivity index (χ1v) is 11.5. The summed E-state index contributed by atoms with van der Waals surface area (Å²) in [4.78, 5) is 27.9. The minimum atomic E-state index is -0.554. The van der Waals surface area contributed by atoms with E-state index < -0.39 is 6.04 Å². The van der Waals surface area contributed by atoms with Crippen LogP contribution in [-0.4, -0.2) is 55.0 Å².